The molecule has 27 heavy (non-hydrogen) atoms. The Hall–Kier alpha value is -3.15. The third kappa shape index (κ3) is 3.30. The molecule has 0 saturated carbocycles. The van der Waals surface area contributed by atoms with E-state index in [9.17, 15) is 0 Å². The molecule has 0 unspecified atom stereocenters. The monoisotopic (exact) mass is 368 g/mol. The summed E-state index contributed by atoms with van der Waals surface area (Å²) < 4.78 is 23.4. The highest BCUT2D eigenvalue weighted by molar-refractivity contribution is 5.76. The summed E-state index contributed by atoms with van der Waals surface area (Å²) in [4.78, 5) is 0. The van der Waals surface area contributed by atoms with Crippen LogP contribution in [0.25, 0.3) is 22.5 Å². The molecule has 0 aliphatic heterocycles. The van der Waals surface area contributed by atoms with Gasteiger partial charge in [-0.1, -0.05) is 0 Å². The van der Waals surface area contributed by atoms with Crippen LogP contribution < -0.4 is 18.9 Å². The second-order valence-electron chi connectivity index (χ2n) is 6.09. The van der Waals surface area contributed by atoms with Gasteiger partial charge in [0.05, 0.1) is 39.8 Å². The summed E-state index contributed by atoms with van der Waals surface area (Å²) in [6, 6.07) is 11.7. The standard InChI is InChI=1S/C21H24N2O4/c1-13-20(14-7-9-16(24-3)18(11-14)26-5)22-23(2)21(13)15-8-10-17(25-4)19(12-15)27-6/h7-12H,1-6H3. The lowest BCUT2D eigenvalue weighted by atomic mass is 10.0. The first-order chi connectivity index (χ1) is 13.0. The second kappa shape index (κ2) is 7.61. The number of hydrogen-bond donors (Lipinski definition) is 0. The van der Waals surface area contributed by atoms with E-state index in [0.29, 0.717) is 23.0 Å². The normalized spacial score (nSPS) is 10.6. The minimum atomic E-state index is 0.674. The van der Waals surface area contributed by atoms with Crippen LogP contribution in [0.1, 0.15) is 5.56 Å². The van der Waals surface area contributed by atoms with E-state index < -0.39 is 0 Å². The molecule has 0 N–H and O–H groups in total. The maximum Gasteiger partial charge on any atom is 0.161 e. The van der Waals surface area contributed by atoms with Crippen LogP contribution in [0.15, 0.2) is 36.4 Å². The Balaban J connectivity index is 2.11. The van der Waals surface area contributed by atoms with Gasteiger partial charge in [0.2, 0.25) is 0 Å². The van der Waals surface area contributed by atoms with Gasteiger partial charge in [0, 0.05) is 23.7 Å². The molecule has 0 radical (unpaired) electrons. The van der Waals surface area contributed by atoms with Crippen molar-refractivity contribution >= 4 is 0 Å². The lowest BCUT2D eigenvalue weighted by molar-refractivity contribution is 0.355. The molecular formula is C21H24N2O4. The summed E-state index contributed by atoms with van der Waals surface area (Å²) in [5, 5.41) is 4.73. The predicted octanol–water partition coefficient (Wildman–Crippen LogP) is 4.10. The lowest BCUT2D eigenvalue weighted by Gasteiger charge is -2.11. The molecule has 0 aliphatic carbocycles. The zero-order valence-corrected chi connectivity index (χ0v) is 16.5. The van der Waals surface area contributed by atoms with Gasteiger partial charge in [-0.05, 0) is 43.3 Å². The number of nitrogens with zero attached hydrogens (tertiary/aromatic N) is 2. The van der Waals surface area contributed by atoms with Gasteiger partial charge >= 0.3 is 0 Å². The van der Waals surface area contributed by atoms with Gasteiger partial charge < -0.3 is 18.9 Å². The maximum atomic E-state index is 5.44. The lowest BCUT2D eigenvalue weighted by Crippen LogP contribution is -1.96. The summed E-state index contributed by atoms with van der Waals surface area (Å²) in [5.41, 5.74) is 4.94. The molecule has 0 bridgehead atoms. The van der Waals surface area contributed by atoms with Crippen LogP contribution in [0.4, 0.5) is 0 Å². The van der Waals surface area contributed by atoms with E-state index in [1.54, 1.807) is 28.4 Å². The van der Waals surface area contributed by atoms with Gasteiger partial charge in [-0.15, -0.1) is 0 Å². The highest BCUT2D eigenvalue weighted by Crippen LogP contribution is 2.38. The first kappa shape index (κ1) is 18.6. The van der Waals surface area contributed by atoms with Crippen LogP contribution in [0.3, 0.4) is 0 Å². The summed E-state index contributed by atoms with van der Waals surface area (Å²) >= 11 is 0. The Morgan fingerprint density at radius 2 is 1.19 bits per heavy atom. The van der Waals surface area contributed by atoms with E-state index in [1.807, 2.05) is 48.1 Å². The molecule has 0 fully saturated rings. The van der Waals surface area contributed by atoms with Crippen molar-refractivity contribution in [2.24, 2.45) is 7.05 Å². The molecule has 0 spiro atoms. The van der Waals surface area contributed by atoms with Crippen LogP contribution in [-0.4, -0.2) is 38.2 Å². The van der Waals surface area contributed by atoms with Crippen molar-refractivity contribution in [3.8, 4) is 45.5 Å². The minimum Gasteiger partial charge on any atom is -0.493 e. The van der Waals surface area contributed by atoms with Crippen molar-refractivity contribution in [1.82, 2.24) is 9.78 Å². The molecule has 0 aliphatic rings. The first-order valence-electron chi connectivity index (χ1n) is 8.52. The molecule has 142 valence electrons. The summed E-state index contributed by atoms with van der Waals surface area (Å²) in [7, 11) is 8.44. The fourth-order valence-electron chi connectivity index (χ4n) is 3.27. The van der Waals surface area contributed by atoms with Crippen LogP contribution in [0, 0.1) is 6.92 Å². The van der Waals surface area contributed by atoms with Crippen molar-refractivity contribution in [2.45, 2.75) is 6.92 Å². The van der Waals surface area contributed by atoms with E-state index in [-0.39, 0.29) is 0 Å². The average Bonchev–Trinajstić information content (AvgIpc) is 3.00. The first-order valence-corrected chi connectivity index (χ1v) is 8.52. The Morgan fingerprint density at radius 3 is 1.70 bits per heavy atom. The minimum absolute atomic E-state index is 0.674. The van der Waals surface area contributed by atoms with Crippen LogP contribution in [0.5, 0.6) is 23.0 Å². The number of rotatable bonds is 6. The third-order valence-corrected chi connectivity index (χ3v) is 4.60. The second-order valence-corrected chi connectivity index (χ2v) is 6.09. The molecule has 6 heteroatoms. The van der Waals surface area contributed by atoms with Gasteiger partial charge in [0.15, 0.2) is 23.0 Å². The smallest absolute Gasteiger partial charge is 0.161 e. The van der Waals surface area contributed by atoms with Crippen molar-refractivity contribution in [1.29, 1.82) is 0 Å². The molecule has 1 heterocycles. The fraction of sp³-hybridized carbons (Fsp3) is 0.286. The zero-order chi connectivity index (χ0) is 19.6. The van der Waals surface area contributed by atoms with Gasteiger partial charge in [-0.3, -0.25) is 4.68 Å². The summed E-state index contributed by atoms with van der Waals surface area (Å²) in [6.45, 7) is 2.06. The zero-order valence-electron chi connectivity index (χ0n) is 16.5. The maximum absolute atomic E-state index is 5.44. The van der Waals surface area contributed by atoms with Crippen LogP contribution in [-0.2, 0) is 7.05 Å². The summed E-state index contributed by atoms with van der Waals surface area (Å²) in [6.07, 6.45) is 0. The third-order valence-electron chi connectivity index (χ3n) is 4.60. The van der Waals surface area contributed by atoms with E-state index in [1.165, 1.54) is 0 Å². The van der Waals surface area contributed by atoms with Gasteiger partial charge in [0.25, 0.3) is 0 Å². The average molecular weight is 368 g/mol. The summed E-state index contributed by atoms with van der Waals surface area (Å²) in [5.74, 6) is 2.74. The highest BCUT2D eigenvalue weighted by atomic mass is 16.5. The van der Waals surface area contributed by atoms with Crippen molar-refractivity contribution in [2.75, 3.05) is 28.4 Å². The Labute approximate surface area is 159 Å². The number of benzene rings is 2. The molecule has 0 atom stereocenters. The Bertz CT molecular complexity index is 963. The fourth-order valence-corrected chi connectivity index (χ4v) is 3.27. The molecule has 1 aromatic heterocycles. The van der Waals surface area contributed by atoms with Gasteiger partial charge in [-0.25, -0.2) is 0 Å². The van der Waals surface area contributed by atoms with Crippen molar-refractivity contribution in [3.63, 3.8) is 0 Å². The van der Waals surface area contributed by atoms with E-state index in [2.05, 4.69) is 6.92 Å². The van der Waals surface area contributed by atoms with Crippen LogP contribution >= 0.6 is 0 Å². The predicted molar refractivity (Wildman–Crippen MR) is 105 cm³/mol. The number of methoxy groups -OCH3 is 4. The van der Waals surface area contributed by atoms with Crippen molar-refractivity contribution in [3.05, 3.63) is 42.0 Å². The van der Waals surface area contributed by atoms with Crippen molar-refractivity contribution < 1.29 is 18.9 Å². The number of hydrogen-bond acceptors (Lipinski definition) is 5. The van der Waals surface area contributed by atoms with Gasteiger partial charge in [0.1, 0.15) is 0 Å². The van der Waals surface area contributed by atoms with Gasteiger partial charge in [-0.2, -0.15) is 5.10 Å². The topological polar surface area (TPSA) is 54.7 Å². The molecule has 6 nitrogen and oxygen atoms in total. The van der Waals surface area contributed by atoms with E-state index in [0.717, 1.165) is 28.1 Å². The Kier molecular flexibility index (Phi) is 5.26. The van der Waals surface area contributed by atoms with Crippen LogP contribution in [0.2, 0.25) is 0 Å². The number of aromatic nitrogens is 2. The molecule has 3 rings (SSSR count). The molecule has 2 aromatic carbocycles. The van der Waals surface area contributed by atoms with E-state index >= 15 is 0 Å². The quantitative estimate of drug-likeness (QED) is 0.656. The molecular weight excluding hydrogens is 344 g/mol. The Morgan fingerprint density at radius 1 is 0.704 bits per heavy atom. The number of ether oxygens (including phenoxy) is 4. The van der Waals surface area contributed by atoms with E-state index in [4.69, 9.17) is 24.0 Å². The molecule has 3 aromatic rings. The largest absolute Gasteiger partial charge is 0.493 e. The number of aryl methyl sites for hydroxylation is 1. The molecule has 0 amide bonds. The molecule has 0 saturated heterocycles. The SMILES string of the molecule is COc1ccc(-c2nn(C)c(-c3ccc(OC)c(OC)c3)c2C)cc1OC. The highest BCUT2D eigenvalue weighted by Gasteiger charge is 2.18.